The van der Waals surface area contributed by atoms with Crippen molar-refractivity contribution in [2.24, 2.45) is 0 Å². The number of phenolic OH excluding ortho intramolecular Hbond substituents is 1. The summed E-state index contributed by atoms with van der Waals surface area (Å²) in [6, 6.07) is 7.86. The second-order valence-electron chi connectivity index (χ2n) is 5.07. The van der Waals surface area contributed by atoms with Crippen LogP contribution in [0, 0.1) is 0 Å². The SMILES string of the molecule is O=C(CCC(=O)c1cc2c(cc1O)OCCO2)c1ccccn1. The number of ketones is 2. The van der Waals surface area contributed by atoms with Crippen LogP contribution in [-0.4, -0.2) is 34.9 Å². The van der Waals surface area contributed by atoms with E-state index in [0.717, 1.165) is 0 Å². The second-order valence-corrected chi connectivity index (χ2v) is 5.07. The largest absolute Gasteiger partial charge is 0.507 e. The molecule has 2 aromatic rings. The number of carbonyl (C=O) groups is 2. The zero-order valence-electron chi connectivity index (χ0n) is 12.3. The van der Waals surface area contributed by atoms with Crippen molar-refractivity contribution in [3.8, 4) is 17.2 Å². The van der Waals surface area contributed by atoms with E-state index in [4.69, 9.17) is 9.47 Å². The van der Waals surface area contributed by atoms with Crippen molar-refractivity contribution in [1.29, 1.82) is 0 Å². The molecule has 0 fully saturated rings. The molecule has 1 aromatic heterocycles. The van der Waals surface area contributed by atoms with E-state index in [1.54, 1.807) is 18.2 Å². The minimum absolute atomic E-state index is 0.0113. The lowest BCUT2D eigenvalue weighted by molar-refractivity contribution is 0.0912. The fourth-order valence-electron chi connectivity index (χ4n) is 2.32. The highest BCUT2D eigenvalue weighted by Gasteiger charge is 2.20. The molecule has 2 heterocycles. The molecule has 3 rings (SSSR count). The van der Waals surface area contributed by atoms with Crippen molar-refractivity contribution < 1.29 is 24.2 Å². The van der Waals surface area contributed by atoms with Crippen molar-refractivity contribution in [1.82, 2.24) is 4.98 Å². The number of carbonyl (C=O) groups excluding carboxylic acids is 2. The van der Waals surface area contributed by atoms with E-state index in [1.165, 1.54) is 18.3 Å². The maximum atomic E-state index is 12.3. The molecule has 0 radical (unpaired) electrons. The van der Waals surface area contributed by atoms with E-state index in [-0.39, 0.29) is 35.7 Å². The molecule has 6 nitrogen and oxygen atoms in total. The lowest BCUT2D eigenvalue weighted by Crippen LogP contribution is -2.16. The van der Waals surface area contributed by atoms with Crippen LogP contribution in [0.2, 0.25) is 0 Å². The first kappa shape index (κ1) is 15.0. The van der Waals surface area contributed by atoms with Gasteiger partial charge in [0, 0.05) is 25.1 Å². The van der Waals surface area contributed by atoms with E-state index in [9.17, 15) is 14.7 Å². The highest BCUT2D eigenvalue weighted by molar-refractivity contribution is 6.03. The normalized spacial score (nSPS) is 12.7. The lowest BCUT2D eigenvalue weighted by Gasteiger charge is -2.19. The predicted octanol–water partition coefficient (Wildman–Crippen LogP) is 2.40. The molecule has 6 heteroatoms. The Morgan fingerprint density at radius 1 is 1.04 bits per heavy atom. The van der Waals surface area contributed by atoms with Crippen molar-refractivity contribution >= 4 is 11.6 Å². The minimum Gasteiger partial charge on any atom is -0.507 e. The molecule has 23 heavy (non-hydrogen) atoms. The maximum Gasteiger partial charge on any atom is 0.181 e. The summed E-state index contributed by atoms with van der Waals surface area (Å²) in [6.07, 6.45) is 1.55. The molecule has 1 N–H and O–H groups in total. The van der Waals surface area contributed by atoms with Crippen molar-refractivity contribution in [2.75, 3.05) is 13.2 Å². The Bertz CT molecular complexity index is 742. The number of Topliss-reactive ketones (excluding diaryl/α,β-unsaturated/α-hetero) is 2. The first-order valence-electron chi connectivity index (χ1n) is 7.25. The summed E-state index contributed by atoms with van der Waals surface area (Å²) in [7, 11) is 0. The number of ether oxygens (including phenoxy) is 2. The molecule has 118 valence electrons. The van der Waals surface area contributed by atoms with Crippen LogP contribution in [0.15, 0.2) is 36.5 Å². The van der Waals surface area contributed by atoms with Crippen LogP contribution in [0.3, 0.4) is 0 Å². The summed E-state index contributed by atoms with van der Waals surface area (Å²) in [4.78, 5) is 28.2. The van der Waals surface area contributed by atoms with Gasteiger partial charge in [0.2, 0.25) is 0 Å². The van der Waals surface area contributed by atoms with Crippen LogP contribution in [0.4, 0.5) is 0 Å². The molecule has 0 saturated heterocycles. The topological polar surface area (TPSA) is 85.7 Å². The molecule has 1 aliphatic heterocycles. The number of rotatable bonds is 5. The fourth-order valence-corrected chi connectivity index (χ4v) is 2.32. The third kappa shape index (κ3) is 3.31. The van der Waals surface area contributed by atoms with E-state index >= 15 is 0 Å². The summed E-state index contributed by atoms with van der Waals surface area (Å²) < 4.78 is 10.7. The smallest absolute Gasteiger partial charge is 0.181 e. The Hall–Kier alpha value is -2.89. The standard InChI is InChI=1S/C17H15NO5/c19-13(4-5-14(20)12-3-1-2-6-18-12)11-9-16-17(10-15(11)21)23-8-7-22-16/h1-3,6,9-10,21H,4-5,7-8H2. The second kappa shape index (κ2) is 6.48. The molecule has 0 amide bonds. The van der Waals surface area contributed by atoms with Gasteiger partial charge in [0.25, 0.3) is 0 Å². The van der Waals surface area contributed by atoms with Crippen LogP contribution in [0.25, 0.3) is 0 Å². The average molecular weight is 313 g/mol. The first-order valence-corrected chi connectivity index (χ1v) is 7.25. The Kier molecular flexibility index (Phi) is 4.23. The predicted molar refractivity (Wildman–Crippen MR) is 81.2 cm³/mol. The summed E-state index contributed by atoms with van der Waals surface area (Å²) in [5.41, 5.74) is 0.453. The quantitative estimate of drug-likeness (QED) is 0.853. The molecule has 0 spiro atoms. The van der Waals surface area contributed by atoms with Crippen molar-refractivity contribution in [3.05, 3.63) is 47.8 Å². The number of aromatic nitrogens is 1. The molecule has 0 bridgehead atoms. The Labute approximate surface area is 132 Å². The number of hydrogen-bond acceptors (Lipinski definition) is 6. The van der Waals surface area contributed by atoms with Gasteiger partial charge in [-0.15, -0.1) is 0 Å². The molecule has 0 atom stereocenters. The molecule has 0 unspecified atom stereocenters. The van der Waals surface area contributed by atoms with Crippen LogP contribution in [-0.2, 0) is 0 Å². The molecular formula is C17H15NO5. The third-order valence-corrected chi connectivity index (χ3v) is 3.49. The fraction of sp³-hybridized carbons (Fsp3) is 0.235. The maximum absolute atomic E-state index is 12.3. The van der Waals surface area contributed by atoms with Gasteiger partial charge >= 0.3 is 0 Å². The zero-order valence-corrected chi connectivity index (χ0v) is 12.3. The van der Waals surface area contributed by atoms with Gasteiger partial charge in [0.05, 0.1) is 5.56 Å². The van der Waals surface area contributed by atoms with Gasteiger partial charge in [-0.3, -0.25) is 14.6 Å². The number of phenols is 1. The van der Waals surface area contributed by atoms with E-state index < -0.39 is 0 Å². The van der Waals surface area contributed by atoms with E-state index in [1.807, 2.05) is 0 Å². The lowest BCUT2D eigenvalue weighted by atomic mass is 10.0. The summed E-state index contributed by atoms with van der Waals surface area (Å²) >= 11 is 0. The minimum atomic E-state index is -0.330. The highest BCUT2D eigenvalue weighted by atomic mass is 16.6. The van der Waals surface area contributed by atoms with E-state index in [0.29, 0.717) is 30.4 Å². The number of hydrogen-bond donors (Lipinski definition) is 1. The van der Waals surface area contributed by atoms with Gasteiger partial charge in [-0.1, -0.05) is 6.07 Å². The Morgan fingerprint density at radius 3 is 2.43 bits per heavy atom. The van der Waals surface area contributed by atoms with Crippen LogP contribution in [0.1, 0.15) is 33.7 Å². The number of benzene rings is 1. The third-order valence-electron chi connectivity index (χ3n) is 3.49. The molecular weight excluding hydrogens is 298 g/mol. The average Bonchev–Trinajstić information content (AvgIpc) is 2.59. The van der Waals surface area contributed by atoms with Crippen LogP contribution >= 0.6 is 0 Å². The Morgan fingerprint density at radius 2 is 1.74 bits per heavy atom. The number of fused-ring (bicyclic) bond motifs is 1. The highest BCUT2D eigenvalue weighted by Crippen LogP contribution is 2.36. The van der Waals surface area contributed by atoms with Crippen molar-refractivity contribution in [3.63, 3.8) is 0 Å². The van der Waals surface area contributed by atoms with Gasteiger partial charge in [-0.05, 0) is 18.2 Å². The van der Waals surface area contributed by atoms with Crippen LogP contribution < -0.4 is 9.47 Å². The molecule has 0 aliphatic carbocycles. The van der Waals surface area contributed by atoms with Gasteiger partial charge in [-0.25, -0.2) is 0 Å². The van der Waals surface area contributed by atoms with Gasteiger partial charge < -0.3 is 14.6 Å². The summed E-state index contributed by atoms with van der Waals surface area (Å²) in [6.45, 7) is 0.794. The molecule has 1 aliphatic rings. The van der Waals surface area contributed by atoms with E-state index in [2.05, 4.69) is 4.98 Å². The van der Waals surface area contributed by atoms with Gasteiger partial charge in [0.1, 0.15) is 24.7 Å². The van der Waals surface area contributed by atoms with Gasteiger partial charge in [0.15, 0.2) is 23.1 Å². The molecule has 1 aromatic carbocycles. The Balaban J connectivity index is 1.70. The number of nitrogens with zero attached hydrogens (tertiary/aromatic N) is 1. The number of aromatic hydroxyl groups is 1. The van der Waals surface area contributed by atoms with Crippen molar-refractivity contribution in [2.45, 2.75) is 12.8 Å². The summed E-state index contributed by atoms with van der Waals surface area (Å²) in [5.74, 6) is 0.118. The first-order chi connectivity index (χ1) is 11.1. The zero-order chi connectivity index (χ0) is 16.2. The monoisotopic (exact) mass is 313 g/mol. The molecule has 0 saturated carbocycles. The summed E-state index contributed by atoms with van der Waals surface area (Å²) in [5, 5.41) is 9.97. The van der Waals surface area contributed by atoms with Gasteiger partial charge in [-0.2, -0.15) is 0 Å². The van der Waals surface area contributed by atoms with Crippen LogP contribution in [0.5, 0.6) is 17.2 Å². The number of pyridine rings is 1.